The topological polar surface area (TPSA) is 55.6 Å². The summed E-state index contributed by atoms with van der Waals surface area (Å²) in [4.78, 5) is 14.0. The molecule has 112 valence electrons. The third kappa shape index (κ3) is 4.30. The molecule has 20 heavy (non-hydrogen) atoms. The lowest BCUT2D eigenvalue weighted by Crippen LogP contribution is -2.23. The van der Waals surface area contributed by atoms with E-state index in [1.807, 2.05) is 11.9 Å². The van der Waals surface area contributed by atoms with Crippen LogP contribution in [0.15, 0.2) is 12.1 Å². The van der Waals surface area contributed by atoms with Crippen molar-refractivity contribution in [2.45, 2.75) is 27.2 Å². The van der Waals surface area contributed by atoms with Gasteiger partial charge in [-0.25, -0.2) is 4.79 Å². The van der Waals surface area contributed by atoms with Gasteiger partial charge in [0.15, 0.2) is 0 Å². The van der Waals surface area contributed by atoms with Gasteiger partial charge in [0.2, 0.25) is 0 Å². The molecule has 0 aliphatic rings. The fraction of sp³-hybridized carbons (Fsp3) is 0.533. The van der Waals surface area contributed by atoms with Crippen LogP contribution in [0.2, 0.25) is 5.02 Å². The Bertz CT molecular complexity index is 475. The lowest BCUT2D eigenvalue weighted by atomic mass is 10.1. The number of carbonyl (C=O) groups excluding carboxylic acids is 1. The van der Waals surface area contributed by atoms with Crippen molar-refractivity contribution < 1.29 is 9.53 Å². The first-order valence-corrected chi connectivity index (χ1v) is 7.21. The molecule has 1 aromatic rings. The summed E-state index contributed by atoms with van der Waals surface area (Å²) in [6.45, 7) is 7.22. The van der Waals surface area contributed by atoms with Crippen molar-refractivity contribution in [2.24, 2.45) is 5.92 Å². The molecular formula is C15H23ClN2O2. The number of halogens is 1. The Kier molecular flexibility index (Phi) is 6.14. The molecule has 0 unspecified atom stereocenters. The molecule has 2 N–H and O–H groups in total. The van der Waals surface area contributed by atoms with Gasteiger partial charge in [0.25, 0.3) is 0 Å². The highest BCUT2D eigenvalue weighted by Gasteiger charge is 2.19. The van der Waals surface area contributed by atoms with Gasteiger partial charge >= 0.3 is 5.97 Å². The molecule has 0 spiro atoms. The molecule has 0 radical (unpaired) electrons. The van der Waals surface area contributed by atoms with Gasteiger partial charge in [0, 0.05) is 19.3 Å². The summed E-state index contributed by atoms with van der Waals surface area (Å²) in [7, 11) is 1.92. The van der Waals surface area contributed by atoms with E-state index < -0.39 is 5.97 Å². The first-order chi connectivity index (χ1) is 9.36. The standard InChI is InChI=1S/C15H23ClN2O2/c1-5-20-15(19)12-8-11(17)9-13(16)14(12)18(4)7-6-10(2)3/h8-10H,5-7,17H2,1-4H3. The maximum atomic E-state index is 12.0. The number of anilines is 2. The SMILES string of the molecule is CCOC(=O)c1cc(N)cc(Cl)c1N(C)CCC(C)C. The molecule has 0 fully saturated rings. The number of benzene rings is 1. The molecule has 0 bridgehead atoms. The lowest BCUT2D eigenvalue weighted by molar-refractivity contribution is 0.0527. The minimum atomic E-state index is -0.395. The molecule has 1 rings (SSSR count). The quantitative estimate of drug-likeness (QED) is 0.644. The van der Waals surface area contributed by atoms with Crippen molar-refractivity contribution >= 4 is 28.9 Å². The number of rotatable bonds is 6. The molecule has 0 amide bonds. The predicted octanol–water partition coefficient (Wildman–Crippen LogP) is 3.58. The summed E-state index contributed by atoms with van der Waals surface area (Å²) in [5.74, 6) is 0.184. The highest BCUT2D eigenvalue weighted by molar-refractivity contribution is 6.34. The summed E-state index contributed by atoms with van der Waals surface area (Å²) in [5.41, 5.74) is 7.33. The Morgan fingerprint density at radius 1 is 1.45 bits per heavy atom. The predicted molar refractivity (Wildman–Crippen MR) is 84.5 cm³/mol. The van der Waals surface area contributed by atoms with E-state index in [1.54, 1.807) is 19.1 Å². The van der Waals surface area contributed by atoms with Gasteiger partial charge in [-0.2, -0.15) is 0 Å². The number of esters is 1. The van der Waals surface area contributed by atoms with Crippen LogP contribution in [-0.2, 0) is 4.74 Å². The molecule has 0 aliphatic carbocycles. The number of carbonyl (C=O) groups is 1. The number of hydrogen-bond acceptors (Lipinski definition) is 4. The van der Waals surface area contributed by atoms with Crippen LogP contribution in [-0.4, -0.2) is 26.2 Å². The van der Waals surface area contributed by atoms with Gasteiger partial charge in [-0.1, -0.05) is 25.4 Å². The zero-order valence-electron chi connectivity index (χ0n) is 12.6. The average Bonchev–Trinajstić information content (AvgIpc) is 2.35. The molecule has 0 saturated carbocycles. The molecule has 0 heterocycles. The van der Waals surface area contributed by atoms with Crippen LogP contribution in [0, 0.1) is 5.92 Å². The summed E-state index contributed by atoms with van der Waals surface area (Å²) in [6, 6.07) is 3.27. The van der Waals surface area contributed by atoms with E-state index in [4.69, 9.17) is 22.1 Å². The van der Waals surface area contributed by atoms with E-state index in [0.717, 1.165) is 13.0 Å². The summed E-state index contributed by atoms with van der Waals surface area (Å²) in [5, 5.41) is 0.472. The van der Waals surface area contributed by atoms with Gasteiger partial charge in [-0.15, -0.1) is 0 Å². The molecule has 1 aromatic carbocycles. The van der Waals surface area contributed by atoms with Crippen LogP contribution in [0.25, 0.3) is 0 Å². The van der Waals surface area contributed by atoms with E-state index in [0.29, 0.717) is 34.5 Å². The minimum Gasteiger partial charge on any atom is -0.462 e. The summed E-state index contributed by atoms with van der Waals surface area (Å²) >= 11 is 6.26. The Morgan fingerprint density at radius 2 is 2.10 bits per heavy atom. The van der Waals surface area contributed by atoms with Gasteiger partial charge < -0.3 is 15.4 Å². The fourth-order valence-corrected chi connectivity index (χ4v) is 2.31. The van der Waals surface area contributed by atoms with Crippen molar-refractivity contribution in [2.75, 3.05) is 30.8 Å². The van der Waals surface area contributed by atoms with Crippen molar-refractivity contribution in [1.29, 1.82) is 0 Å². The number of nitrogen functional groups attached to an aromatic ring is 1. The van der Waals surface area contributed by atoms with E-state index >= 15 is 0 Å². The first kappa shape index (κ1) is 16.6. The van der Waals surface area contributed by atoms with E-state index in [1.165, 1.54) is 0 Å². The average molecular weight is 299 g/mol. The number of hydrogen-bond donors (Lipinski definition) is 1. The number of nitrogens with zero attached hydrogens (tertiary/aromatic N) is 1. The Hall–Kier alpha value is -1.42. The second-order valence-electron chi connectivity index (χ2n) is 5.22. The Labute approximate surface area is 125 Å². The lowest BCUT2D eigenvalue weighted by Gasteiger charge is -2.24. The number of nitrogens with two attached hydrogens (primary N) is 1. The van der Waals surface area contributed by atoms with Gasteiger partial charge in [-0.05, 0) is 31.4 Å². The van der Waals surface area contributed by atoms with Crippen LogP contribution in [0.1, 0.15) is 37.6 Å². The van der Waals surface area contributed by atoms with Gasteiger partial charge in [0.05, 0.1) is 22.9 Å². The second kappa shape index (κ2) is 7.39. The highest BCUT2D eigenvalue weighted by atomic mass is 35.5. The smallest absolute Gasteiger partial charge is 0.340 e. The molecule has 5 heteroatoms. The number of ether oxygens (including phenoxy) is 1. The van der Waals surface area contributed by atoms with Crippen LogP contribution in [0.3, 0.4) is 0 Å². The Morgan fingerprint density at radius 3 is 2.65 bits per heavy atom. The first-order valence-electron chi connectivity index (χ1n) is 6.84. The van der Waals surface area contributed by atoms with E-state index in [9.17, 15) is 4.79 Å². The van der Waals surface area contributed by atoms with E-state index in [-0.39, 0.29) is 0 Å². The molecular weight excluding hydrogens is 276 g/mol. The molecule has 4 nitrogen and oxygen atoms in total. The minimum absolute atomic E-state index is 0.320. The van der Waals surface area contributed by atoms with Crippen LogP contribution in [0.4, 0.5) is 11.4 Å². The normalized spacial score (nSPS) is 10.7. The van der Waals surface area contributed by atoms with Crippen LogP contribution < -0.4 is 10.6 Å². The molecule has 0 saturated heterocycles. The summed E-state index contributed by atoms with van der Waals surface area (Å²) in [6.07, 6.45) is 1.01. The second-order valence-corrected chi connectivity index (χ2v) is 5.63. The Balaban J connectivity index is 3.12. The zero-order chi connectivity index (χ0) is 15.3. The van der Waals surface area contributed by atoms with Crippen molar-refractivity contribution in [1.82, 2.24) is 0 Å². The third-order valence-electron chi connectivity index (χ3n) is 3.00. The van der Waals surface area contributed by atoms with Crippen LogP contribution in [0.5, 0.6) is 0 Å². The van der Waals surface area contributed by atoms with Crippen molar-refractivity contribution in [3.63, 3.8) is 0 Å². The molecule has 0 aliphatic heterocycles. The zero-order valence-corrected chi connectivity index (χ0v) is 13.3. The van der Waals surface area contributed by atoms with E-state index in [2.05, 4.69) is 13.8 Å². The monoisotopic (exact) mass is 298 g/mol. The van der Waals surface area contributed by atoms with Gasteiger partial charge in [-0.3, -0.25) is 0 Å². The molecule has 0 aromatic heterocycles. The van der Waals surface area contributed by atoms with Gasteiger partial charge in [0.1, 0.15) is 0 Å². The largest absolute Gasteiger partial charge is 0.462 e. The highest BCUT2D eigenvalue weighted by Crippen LogP contribution is 2.32. The maximum Gasteiger partial charge on any atom is 0.340 e. The fourth-order valence-electron chi connectivity index (χ4n) is 1.94. The van der Waals surface area contributed by atoms with Crippen LogP contribution >= 0.6 is 11.6 Å². The van der Waals surface area contributed by atoms with Crippen molar-refractivity contribution in [3.8, 4) is 0 Å². The maximum absolute atomic E-state index is 12.0. The van der Waals surface area contributed by atoms with Crippen molar-refractivity contribution in [3.05, 3.63) is 22.7 Å². The summed E-state index contributed by atoms with van der Waals surface area (Å²) < 4.78 is 5.07. The third-order valence-corrected chi connectivity index (χ3v) is 3.29. The molecule has 0 atom stereocenters.